The van der Waals surface area contributed by atoms with Gasteiger partial charge in [-0.2, -0.15) is 0 Å². The number of esters is 1. The second-order valence-electron chi connectivity index (χ2n) is 6.83. The zero-order valence-corrected chi connectivity index (χ0v) is 17.7. The van der Waals surface area contributed by atoms with Crippen molar-refractivity contribution in [3.05, 3.63) is 57.5 Å². The third-order valence-electron chi connectivity index (χ3n) is 4.50. The number of hydrogen-bond acceptors (Lipinski definition) is 6. The van der Waals surface area contributed by atoms with Gasteiger partial charge in [0.1, 0.15) is 16.3 Å². The number of aromatic nitrogens is 2. The van der Waals surface area contributed by atoms with E-state index < -0.39 is 5.97 Å². The molecule has 3 aromatic rings. The van der Waals surface area contributed by atoms with Gasteiger partial charge in [-0.3, -0.25) is 14.2 Å². The molecule has 2 heterocycles. The van der Waals surface area contributed by atoms with Crippen LogP contribution in [0.5, 0.6) is 0 Å². The molecule has 0 saturated carbocycles. The van der Waals surface area contributed by atoms with Crippen molar-refractivity contribution < 1.29 is 14.3 Å². The number of thiophene rings is 1. The fourth-order valence-electron chi connectivity index (χ4n) is 3.20. The first-order chi connectivity index (χ1) is 13.8. The van der Waals surface area contributed by atoms with Gasteiger partial charge < -0.3 is 9.64 Å². The molecule has 0 bridgehead atoms. The first kappa shape index (κ1) is 20.7. The largest absolute Gasteiger partial charge is 0.462 e. The Morgan fingerprint density at radius 2 is 1.93 bits per heavy atom. The minimum atomic E-state index is -0.468. The maximum absolute atomic E-state index is 13.0. The summed E-state index contributed by atoms with van der Waals surface area (Å²) in [5.74, 6) is -0.682. The highest BCUT2D eigenvalue weighted by atomic mass is 32.1. The maximum atomic E-state index is 13.0. The summed E-state index contributed by atoms with van der Waals surface area (Å²) in [5, 5.41) is 0.351. The number of fused-ring (bicyclic) bond motifs is 1. The van der Waals surface area contributed by atoms with Crippen LogP contribution in [-0.4, -0.2) is 34.1 Å². The number of aryl methyl sites for hydroxylation is 1. The maximum Gasteiger partial charge on any atom is 0.348 e. The van der Waals surface area contributed by atoms with Crippen molar-refractivity contribution in [1.82, 2.24) is 9.55 Å². The standard InChI is InChI=1S/C21H23N3O4S/c1-5-28-21(27)18-14(4)17-19(29-18)22-12-23(20(17)26)11-16(25)24(13(2)3)15-9-7-6-8-10-15/h6-10,12-13H,5,11H2,1-4H3. The van der Waals surface area contributed by atoms with Gasteiger partial charge in [-0.15, -0.1) is 11.3 Å². The number of rotatable bonds is 6. The Hall–Kier alpha value is -3.00. The first-order valence-corrected chi connectivity index (χ1v) is 10.2. The van der Waals surface area contributed by atoms with Crippen molar-refractivity contribution in [2.75, 3.05) is 11.5 Å². The van der Waals surface area contributed by atoms with Gasteiger partial charge in [0.15, 0.2) is 0 Å². The van der Waals surface area contributed by atoms with Crippen molar-refractivity contribution in [3.8, 4) is 0 Å². The highest BCUT2D eigenvalue weighted by Crippen LogP contribution is 2.27. The van der Waals surface area contributed by atoms with Crippen molar-refractivity contribution in [2.45, 2.75) is 40.3 Å². The van der Waals surface area contributed by atoms with E-state index in [2.05, 4.69) is 4.98 Å². The number of carbonyl (C=O) groups excluding carboxylic acids is 2. The predicted molar refractivity (Wildman–Crippen MR) is 114 cm³/mol. The predicted octanol–water partition coefficient (Wildman–Crippen LogP) is 3.38. The van der Waals surface area contributed by atoms with Crippen LogP contribution in [0.1, 0.15) is 36.0 Å². The van der Waals surface area contributed by atoms with Crippen molar-refractivity contribution in [1.29, 1.82) is 0 Å². The molecule has 0 unspecified atom stereocenters. The van der Waals surface area contributed by atoms with E-state index in [4.69, 9.17) is 4.74 Å². The van der Waals surface area contributed by atoms with Crippen molar-refractivity contribution in [3.63, 3.8) is 0 Å². The number of hydrogen-bond donors (Lipinski definition) is 0. The molecule has 0 aliphatic rings. The van der Waals surface area contributed by atoms with E-state index in [0.29, 0.717) is 20.7 Å². The SMILES string of the molecule is CCOC(=O)c1sc2ncn(CC(=O)N(c3ccccc3)C(C)C)c(=O)c2c1C. The number of carbonyl (C=O) groups is 2. The molecule has 152 valence electrons. The summed E-state index contributed by atoms with van der Waals surface area (Å²) in [4.78, 5) is 44.9. The van der Waals surface area contributed by atoms with Gasteiger partial charge in [-0.05, 0) is 45.4 Å². The molecule has 29 heavy (non-hydrogen) atoms. The van der Waals surface area contributed by atoms with Crippen LogP contribution in [0, 0.1) is 6.92 Å². The smallest absolute Gasteiger partial charge is 0.348 e. The van der Waals surface area contributed by atoms with Gasteiger partial charge in [0.2, 0.25) is 5.91 Å². The quantitative estimate of drug-likeness (QED) is 0.579. The van der Waals surface area contributed by atoms with E-state index in [1.165, 1.54) is 10.9 Å². The van der Waals surface area contributed by atoms with Gasteiger partial charge in [0.25, 0.3) is 5.56 Å². The highest BCUT2D eigenvalue weighted by molar-refractivity contribution is 7.20. The lowest BCUT2D eigenvalue weighted by Gasteiger charge is -2.27. The van der Waals surface area contributed by atoms with E-state index in [1.807, 2.05) is 44.2 Å². The topological polar surface area (TPSA) is 81.5 Å². The molecule has 0 aliphatic heterocycles. The molecule has 1 amide bonds. The molecule has 0 aliphatic carbocycles. The van der Waals surface area contributed by atoms with Crippen LogP contribution in [0.3, 0.4) is 0 Å². The summed E-state index contributed by atoms with van der Waals surface area (Å²) in [6.45, 7) is 7.38. The van der Waals surface area contributed by atoms with E-state index in [0.717, 1.165) is 17.0 Å². The molecule has 0 saturated heterocycles. The summed E-state index contributed by atoms with van der Waals surface area (Å²) in [7, 11) is 0. The summed E-state index contributed by atoms with van der Waals surface area (Å²) in [6.07, 6.45) is 1.36. The number of nitrogens with zero attached hydrogens (tertiary/aromatic N) is 3. The number of benzene rings is 1. The van der Waals surface area contributed by atoms with Crippen LogP contribution in [-0.2, 0) is 16.1 Å². The Morgan fingerprint density at radius 1 is 1.24 bits per heavy atom. The van der Waals surface area contributed by atoms with Crippen LogP contribution >= 0.6 is 11.3 Å². The van der Waals surface area contributed by atoms with Gasteiger partial charge in [-0.1, -0.05) is 18.2 Å². The molecule has 2 aromatic heterocycles. The number of amides is 1. The Morgan fingerprint density at radius 3 is 2.55 bits per heavy atom. The minimum Gasteiger partial charge on any atom is -0.462 e. The van der Waals surface area contributed by atoms with E-state index >= 15 is 0 Å². The molecule has 3 rings (SSSR count). The number of anilines is 1. The number of ether oxygens (including phenoxy) is 1. The van der Waals surface area contributed by atoms with E-state index in [-0.39, 0.29) is 30.7 Å². The molecule has 8 heteroatoms. The zero-order chi connectivity index (χ0) is 21.1. The fourth-order valence-corrected chi connectivity index (χ4v) is 4.24. The first-order valence-electron chi connectivity index (χ1n) is 9.37. The Labute approximate surface area is 172 Å². The lowest BCUT2D eigenvalue weighted by Crippen LogP contribution is -2.41. The molecule has 7 nitrogen and oxygen atoms in total. The molecule has 0 N–H and O–H groups in total. The van der Waals surface area contributed by atoms with Gasteiger partial charge in [0, 0.05) is 11.7 Å². The van der Waals surface area contributed by atoms with Crippen LogP contribution in [0.15, 0.2) is 41.5 Å². The highest BCUT2D eigenvalue weighted by Gasteiger charge is 2.23. The lowest BCUT2D eigenvalue weighted by atomic mass is 10.2. The van der Waals surface area contributed by atoms with Crippen LogP contribution in [0.25, 0.3) is 10.2 Å². The van der Waals surface area contributed by atoms with Gasteiger partial charge >= 0.3 is 5.97 Å². The van der Waals surface area contributed by atoms with Crippen LogP contribution in [0.4, 0.5) is 5.69 Å². The molecule has 1 aromatic carbocycles. The molecule has 0 fully saturated rings. The minimum absolute atomic E-state index is 0.0735. The average molecular weight is 413 g/mol. The van der Waals surface area contributed by atoms with E-state index in [1.54, 1.807) is 18.7 Å². The summed E-state index contributed by atoms with van der Waals surface area (Å²) in [6, 6.07) is 9.26. The summed E-state index contributed by atoms with van der Waals surface area (Å²) in [5.41, 5.74) is 0.960. The van der Waals surface area contributed by atoms with Crippen LogP contribution < -0.4 is 10.5 Å². The third-order valence-corrected chi connectivity index (χ3v) is 5.68. The Balaban J connectivity index is 1.97. The molecule has 0 spiro atoms. The molecule has 0 atom stereocenters. The lowest BCUT2D eigenvalue weighted by molar-refractivity contribution is -0.119. The summed E-state index contributed by atoms with van der Waals surface area (Å²) < 4.78 is 6.34. The Kier molecular flexibility index (Phi) is 6.12. The average Bonchev–Trinajstić information content (AvgIpc) is 3.02. The molecular formula is C21H23N3O4S. The second-order valence-corrected chi connectivity index (χ2v) is 7.83. The third kappa shape index (κ3) is 4.07. The Bertz CT molecular complexity index is 1100. The molecular weight excluding hydrogens is 390 g/mol. The van der Waals surface area contributed by atoms with E-state index in [9.17, 15) is 14.4 Å². The van der Waals surface area contributed by atoms with Crippen LogP contribution in [0.2, 0.25) is 0 Å². The van der Waals surface area contributed by atoms with Crippen molar-refractivity contribution in [2.24, 2.45) is 0 Å². The summed E-state index contributed by atoms with van der Waals surface area (Å²) >= 11 is 1.13. The normalized spacial score (nSPS) is 11.1. The second kappa shape index (κ2) is 8.57. The molecule has 0 radical (unpaired) electrons. The fraction of sp³-hybridized carbons (Fsp3) is 0.333. The number of para-hydroxylation sites is 1. The van der Waals surface area contributed by atoms with Gasteiger partial charge in [0.05, 0.1) is 18.3 Å². The zero-order valence-electron chi connectivity index (χ0n) is 16.8. The monoisotopic (exact) mass is 413 g/mol. The van der Waals surface area contributed by atoms with Crippen molar-refractivity contribution >= 4 is 39.1 Å². The van der Waals surface area contributed by atoms with Gasteiger partial charge in [-0.25, -0.2) is 9.78 Å².